The Hall–Kier alpha value is -0.590. The van der Waals surface area contributed by atoms with Crippen molar-refractivity contribution in [2.75, 3.05) is 17.0 Å². The molecule has 1 aliphatic rings. The van der Waals surface area contributed by atoms with Crippen molar-refractivity contribution in [1.29, 1.82) is 0 Å². The van der Waals surface area contributed by atoms with Gasteiger partial charge in [-0.1, -0.05) is 28.4 Å². The van der Waals surface area contributed by atoms with E-state index < -0.39 is 10.0 Å². The van der Waals surface area contributed by atoms with Crippen LogP contribution in [0.15, 0.2) is 28.7 Å². The smallest absolute Gasteiger partial charge is 0.234 e. The van der Waals surface area contributed by atoms with Gasteiger partial charge in [-0.05, 0) is 37.6 Å². The molecule has 2 N–H and O–H groups in total. The Morgan fingerprint density at radius 3 is 2.89 bits per heavy atom. The highest BCUT2D eigenvalue weighted by atomic mass is 79.9. The van der Waals surface area contributed by atoms with Gasteiger partial charge in [-0.15, -0.1) is 0 Å². The van der Waals surface area contributed by atoms with Crippen molar-refractivity contribution in [2.45, 2.75) is 25.3 Å². The molecule has 6 heteroatoms. The summed E-state index contributed by atoms with van der Waals surface area (Å²) in [5, 5.41) is 3.24. The highest BCUT2D eigenvalue weighted by molar-refractivity contribution is 9.10. The number of rotatable bonds is 4. The predicted molar refractivity (Wildman–Crippen MR) is 77.2 cm³/mol. The van der Waals surface area contributed by atoms with E-state index in [0.717, 1.165) is 30.3 Å². The molecule has 18 heavy (non-hydrogen) atoms. The number of hydrogen-bond acceptors (Lipinski definition) is 3. The highest BCUT2D eigenvalue weighted by Crippen LogP contribution is 2.17. The van der Waals surface area contributed by atoms with E-state index >= 15 is 0 Å². The maximum absolute atomic E-state index is 12.0. The van der Waals surface area contributed by atoms with Crippen molar-refractivity contribution in [1.82, 2.24) is 5.32 Å². The summed E-state index contributed by atoms with van der Waals surface area (Å²) in [6, 6.07) is 7.24. The molecule has 0 amide bonds. The van der Waals surface area contributed by atoms with Gasteiger partial charge in [0.25, 0.3) is 0 Å². The van der Waals surface area contributed by atoms with Crippen LogP contribution in [0.3, 0.4) is 0 Å². The van der Waals surface area contributed by atoms with Crippen LogP contribution in [0.25, 0.3) is 0 Å². The van der Waals surface area contributed by atoms with Gasteiger partial charge < -0.3 is 5.32 Å². The lowest BCUT2D eigenvalue weighted by molar-refractivity contribution is 0.424. The van der Waals surface area contributed by atoms with Crippen molar-refractivity contribution in [3.8, 4) is 0 Å². The van der Waals surface area contributed by atoms with Crippen LogP contribution in [0.5, 0.6) is 0 Å². The van der Waals surface area contributed by atoms with Crippen LogP contribution in [0.2, 0.25) is 0 Å². The lowest BCUT2D eigenvalue weighted by Gasteiger charge is -2.23. The second-order valence-electron chi connectivity index (χ2n) is 4.54. The van der Waals surface area contributed by atoms with Crippen molar-refractivity contribution >= 4 is 31.6 Å². The number of piperidine rings is 1. The third-order valence-electron chi connectivity index (χ3n) is 2.93. The molecule has 2 rings (SSSR count). The zero-order valence-electron chi connectivity index (χ0n) is 10.0. The van der Waals surface area contributed by atoms with E-state index in [0.29, 0.717) is 5.69 Å². The average molecular weight is 333 g/mol. The van der Waals surface area contributed by atoms with Crippen LogP contribution in [0.4, 0.5) is 5.69 Å². The lowest BCUT2D eigenvalue weighted by Crippen LogP contribution is -2.40. The zero-order chi connectivity index (χ0) is 13.0. The maximum atomic E-state index is 12.0. The molecule has 1 heterocycles. The summed E-state index contributed by atoms with van der Waals surface area (Å²) in [4.78, 5) is 0. The Bertz CT molecular complexity index is 499. The average Bonchev–Trinajstić information content (AvgIpc) is 2.28. The van der Waals surface area contributed by atoms with E-state index in [1.54, 1.807) is 18.2 Å². The van der Waals surface area contributed by atoms with E-state index in [1.165, 1.54) is 0 Å². The summed E-state index contributed by atoms with van der Waals surface area (Å²) in [5.41, 5.74) is 0.597. The summed E-state index contributed by atoms with van der Waals surface area (Å²) in [7, 11) is -3.28. The molecule has 0 saturated carbocycles. The van der Waals surface area contributed by atoms with Gasteiger partial charge in [0.2, 0.25) is 10.0 Å². The van der Waals surface area contributed by atoms with Crippen molar-refractivity contribution < 1.29 is 8.42 Å². The van der Waals surface area contributed by atoms with Gasteiger partial charge in [-0.2, -0.15) is 0 Å². The fraction of sp³-hybridized carbons (Fsp3) is 0.500. The molecule has 1 aromatic carbocycles. The maximum Gasteiger partial charge on any atom is 0.234 e. The third kappa shape index (κ3) is 4.26. The first-order valence-electron chi connectivity index (χ1n) is 6.05. The first-order chi connectivity index (χ1) is 8.55. The van der Waals surface area contributed by atoms with Crippen molar-refractivity contribution in [2.24, 2.45) is 0 Å². The molecule has 1 atom stereocenters. The van der Waals surface area contributed by atoms with Gasteiger partial charge >= 0.3 is 0 Å². The molecule has 1 unspecified atom stereocenters. The minimum Gasteiger partial charge on any atom is -0.313 e. The lowest BCUT2D eigenvalue weighted by atomic mass is 10.1. The van der Waals surface area contributed by atoms with Crippen molar-refractivity contribution in [3.63, 3.8) is 0 Å². The van der Waals surface area contributed by atoms with Crippen molar-refractivity contribution in [3.05, 3.63) is 28.7 Å². The summed E-state index contributed by atoms with van der Waals surface area (Å²) >= 11 is 3.32. The molecule has 1 saturated heterocycles. The van der Waals surface area contributed by atoms with Crippen LogP contribution in [-0.2, 0) is 10.0 Å². The van der Waals surface area contributed by atoms with Gasteiger partial charge in [0, 0.05) is 16.2 Å². The van der Waals surface area contributed by atoms with E-state index in [2.05, 4.69) is 26.0 Å². The normalized spacial score (nSPS) is 20.6. The van der Waals surface area contributed by atoms with Crippen LogP contribution >= 0.6 is 15.9 Å². The molecule has 1 aromatic rings. The first-order valence-corrected chi connectivity index (χ1v) is 8.49. The van der Waals surface area contributed by atoms with Gasteiger partial charge in [0.1, 0.15) is 0 Å². The van der Waals surface area contributed by atoms with Crippen LogP contribution in [-0.4, -0.2) is 26.8 Å². The van der Waals surface area contributed by atoms with E-state index in [-0.39, 0.29) is 11.8 Å². The molecule has 1 aliphatic heterocycles. The second-order valence-corrected chi connectivity index (χ2v) is 7.22. The molecule has 100 valence electrons. The molecule has 1 fully saturated rings. The first kappa shape index (κ1) is 13.8. The molecule has 0 radical (unpaired) electrons. The number of hydrogen-bond donors (Lipinski definition) is 2. The Morgan fingerprint density at radius 1 is 1.39 bits per heavy atom. The molecule has 0 aliphatic carbocycles. The molecular weight excluding hydrogens is 316 g/mol. The SMILES string of the molecule is O=S(=O)(CC1CCCCN1)Nc1cccc(Br)c1. The monoisotopic (exact) mass is 332 g/mol. The third-order valence-corrected chi connectivity index (χ3v) is 4.81. The quantitative estimate of drug-likeness (QED) is 0.889. The summed E-state index contributed by atoms with van der Waals surface area (Å²) < 4.78 is 27.5. The van der Waals surface area contributed by atoms with Crippen LogP contribution < -0.4 is 10.0 Å². The standard InChI is InChI=1S/C12H17BrN2O2S/c13-10-4-3-6-11(8-10)15-18(16,17)9-12-5-1-2-7-14-12/h3-4,6,8,12,14-15H,1-2,5,7,9H2. The Morgan fingerprint density at radius 2 is 2.22 bits per heavy atom. The summed E-state index contributed by atoms with van der Waals surface area (Å²) in [6.45, 7) is 0.914. The second kappa shape index (κ2) is 6.04. The van der Waals surface area contributed by atoms with Crippen LogP contribution in [0, 0.1) is 0 Å². The van der Waals surface area contributed by atoms with Gasteiger partial charge in [0.15, 0.2) is 0 Å². The van der Waals surface area contributed by atoms with E-state index in [1.807, 2.05) is 6.07 Å². The van der Waals surface area contributed by atoms with Gasteiger partial charge in [0.05, 0.1) is 5.75 Å². The van der Waals surface area contributed by atoms with E-state index in [4.69, 9.17) is 0 Å². The summed E-state index contributed by atoms with van der Waals surface area (Å²) in [5.74, 6) is 0.138. The molecular formula is C12H17BrN2O2S. The largest absolute Gasteiger partial charge is 0.313 e. The molecule has 4 nitrogen and oxygen atoms in total. The molecule has 0 spiro atoms. The van der Waals surface area contributed by atoms with Crippen LogP contribution in [0.1, 0.15) is 19.3 Å². The predicted octanol–water partition coefficient (Wildman–Crippen LogP) is 2.33. The highest BCUT2D eigenvalue weighted by Gasteiger charge is 2.20. The number of nitrogens with one attached hydrogen (secondary N) is 2. The fourth-order valence-corrected chi connectivity index (χ4v) is 3.89. The number of halogens is 1. The number of benzene rings is 1. The van der Waals surface area contributed by atoms with Gasteiger partial charge in [-0.25, -0.2) is 8.42 Å². The fourth-order valence-electron chi connectivity index (χ4n) is 2.10. The Kier molecular flexibility index (Phi) is 4.64. The topological polar surface area (TPSA) is 58.2 Å². The Labute approximate surface area is 116 Å². The minimum atomic E-state index is -3.28. The minimum absolute atomic E-state index is 0.0726. The summed E-state index contributed by atoms with van der Waals surface area (Å²) in [6.07, 6.45) is 3.17. The molecule has 0 aromatic heterocycles. The van der Waals surface area contributed by atoms with E-state index in [9.17, 15) is 8.42 Å². The number of anilines is 1. The van der Waals surface area contributed by atoms with Gasteiger partial charge in [-0.3, -0.25) is 4.72 Å². The zero-order valence-corrected chi connectivity index (χ0v) is 12.4. The molecule has 0 bridgehead atoms. The Balaban J connectivity index is 1.98. The number of sulfonamides is 1.